The van der Waals surface area contributed by atoms with Crippen LogP contribution in [0.4, 0.5) is 5.69 Å². The number of ether oxygens (including phenoxy) is 1. The van der Waals surface area contributed by atoms with E-state index < -0.39 is 0 Å². The molecule has 3 rings (SSSR count). The van der Waals surface area contributed by atoms with E-state index in [0.717, 1.165) is 22.2 Å². The van der Waals surface area contributed by atoms with E-state index in [2.05, 4.69) is 29.3 Å². The molecule has 0 aliphatic carbocycles. The zero-order chi connectivity index (χ0) is 19.1. The maximum absolute atomic E-state index is 12.2. The molecular weight excluding hydrogens is 336 g/mol. The van der Waals surface area contributed by atoms with Crippen LogP contribution in [0, 0.1) is 11.8 Å². The molecule has 0 unspecified atom stereocenters. The van der Waals surface area contributed by atoms with Gasteiger partial charge in [0.2, 0.25) is 0 Å². The Balaban J connectivity index is 1.51. The summed E-state index contributed by atoms with van der Waals surface area (Å²) in [6, 6.07) is 21.5. The number of amides is 1. The Labute approximate surface area is 159 Å². The van der Waals surface area contributed by atoms with Crippen LogP contribution in [0.5, 0.6) is 5.75 Å². The van der Waals surface area contributed by atoms with E-state index in [1.165, 1.54) is 0 Å². The van der Waals surface area contributed by atoms with E-state index in [-0.39, 0.29) is 19.1 Å². The fourth-order valence-corrected chi connectivity index (χ4v) is 2.70. The van der Waals surface area contributed by atoms with Crippen molar-refractivity contribution in [2.75, 3.05) is 32.1 Å². The molecule has 0 saturated heterocycles. The molecule has 3 aromatic carbocycles. The molecule has 0 bridgehead atoms. The smallest absolute Gasteiger partial charge is 0.252 e. The van der Waals surface area contributed by atoms with Crippen molar-refractivity contribution in [3.05, 3.63) is 72.3 Å². The van der Waals surface area contributed by atoms with E-state index in [9.17, 15) is 4.79 Å². The molecule has 0 aliphatic rings. The second-order valence-electron chi connectivity index (χ2n) is 6.25. The highest BCUT2D eigenvalue weighted by atomic mass is 16.5. The number of hydrogen-bond acceptors (Lipinski definition) is 3. The topological polar surface area (TPSA) is 41.6 Å². The van der Waals surface area contributed by atoms with Crippen molar-refractivity contribution in [3.8, 4) is 17.6 Å². The molecule has 0 aromatic heterocycles. The van der Waals surface area contributed by atoms with Crippen molar-refractivity contribution in [1.82, 2.24) is 5.32 Å². The summed E-state index contributed by atoms with van der Waals surface area (Å²) in [4.78, 5) is 14.2. The molecule has 136 valence electrons. The van der Waals surface area contributed by atoms with E-state index in [0.29, 0.717) is 5.56 Å². The number of nitrogens with zero attached hydrogens (tertiary/aromatic N) is 1. The Bertz CT molecular complexity index is 994. The van der Waals surface area contributed by atoms with Crippen LogP contribution in [0.3, 0.4) is 0 Å². The largest absolute Gasteiger partial charge is 0.480 e. The molecule has 4 nitrogen and oxygen atoms in total. The molecule has 1 amide bonds. The molecule has 0 radical (unpaired) electrons. The summed E-state index contributed by atoms with van der Waals surface area (Å²) in [5, 5.41) is 5.01. The van der Waals surface area contributed by atoms with Crippen LogP contribution < -0.4 is 15.0 Å². The summed E-state index contributed by atoms with van der Waals surface area (Å²) >= 11 is 0. The zero-order valence-electron chi connectivity index (χ0n) is 15.5. The third-order valence-electron chi connectivity index (χ3n) is 4.14. The summed E-state index contributed by atoms with van der Waals surface area (Å²) in [5.74, 6) is 6.54. The van der Waals surface area contributed by atoms with Gasteiger partial charge >= 0.3 is 0 Å². The van der Waals surface area contributed by atoms with E-state index >= 15 is 0 Å². The highest BCUT2D eigenvalue weighted by Gasteiger charge is 2.05. The quantitative estimate of drug-likeness (QED) is 0.707. The van der Waals surface area contributed by atoms with Gasteiger partial charge in [-0.1, -0.05) is 54.3 Å². The van der Waals surface area contributed by atoms with Crippen molar-refractivity contribution >= 4 is 22.4 Å². The lowest BCUT2D eigenvalue weighted by atomic mass is 10.1. The molecule has 1 N–H and O–H groups in total. The normalized spacial score (nSPS) is 10.0. The van der Waals surface area contributed by atoms with Crippen LogP contribution in [0.1, 0.15) is 10.4 Å². The van der Waals surface area contributed by atoms with Crippen molar-refractivity contribution < 1.29 is 9.53 Å². The first-order valence-corrected chi connectivity index (χ1v) is 8.77. The average Bonchev–Trinajstić information content (AvgIpc) is 2.70. The molecule has 0 spiro atoms. The number of carbonyl (C=O) groups is 1. The number of anilines is 1. The lowest BCUT2D eigenvalue weighted by Crippen LogP contribution is -2.24. The Morgan fingerprint density at radius 2 is 1.78 bits per heavy atom. The molecule has 0 saturated carbocycles. The lowest BCUT2D eigenvalue weighted by molar-refractivity contribution is 0.0958. The molecule has 0 atom stereocenters. The van der Waals surface area contributed by atoms with Crippen LogP contribution in [0.15, 0.2) is 66.7 Å². The number of benzene rings is 3. The summed E-state index contributed by atoms with van der Waals surface area (Å²) in [6.07, 6.45) is 0. The fourth-order valence-electron chi connectivity index (χ4n) is 2.70. The van der Waals surface area contributed by atoms with E-state index in [1.807, 2.05) is 67.5 Å². The predicted molar refractivity (Wildman–Crippen MR) is 110 cm³/mol. The second-order valence-corrected chi connectivity index (χ2v) is 6.25. The minimum atomic E-state index is -0.136. The zero-order valence-corrected chi connectivity index (χ0v) is 15.5. The van der Waals surface area contributed by atoms with Gasteiger partial charge in [0, 0.05) is 30.7 Å². The molecule has 0 heterocycles. The monoisotopic (exact) mass is 358 g/mol. The second kappa shape index (κ2) is 8.77. The van der Waals surface area contributed by atoms with Crippen molar-refractivity contribution in [3.63, 3.8) is 0 Å². The first-order chi connectivity index (χ1) is 13.1. The number of rotatable bonds is 5. The first kappa shape index (κ1) is 18.3. The summed E-state index contributed by atoms with van der Waals surface area (Å²) < 4.78 is 5.76. The maximum Gasteiger partial charge on any atom is 0.252 e. The van der Waals surface area contributed by atoms with Gasteiger partial charge < -0.3 is 15.0 Å². The molecule has 3 aromatic rings. The SMILES string of the molecule is CN(C)c1cccc(C(=O)NCC#CCOc2cccc3ccccc23)c1. The number of carbonyl (C=O) groups excluding carboxylic acids is 1. The average molecular weight is 358 g/mol. The number of fused-ring (bicyclic) bond motifs is 1. The highest BCUT2D eigenvalue weighted by molar-refractivity contribution is 5.95. The minimum Gasteiger partial charge on any atom is -0.480 e. The Kier molecular flexibility index (Phi) is 5.96. The third-order valence-corrected chi connectivity index (χ3v) is 4.14. The van der Waals surface area contributed by atoms with Crippen LogP contribution in [0.2, 0.25) is 0 Å². The van der Waals surface area contributed by atoms with Gasteiger partial charge in [-0.15, -0.1) is 0 Å². The van der Waals surface area contributed by atoms with Gasteiger partial charge in [0.1, 0.15) is 12.4 Å². The predicted octanol–water partition coefficient (Wildman–Crippen LogP) is 3.72. The van der Waals surface area contributed by atoms with E-state index in [1.54, 1.807) is 6.07 Å². The van der Waals surface area contributed by atoms with Crippen LogP contribution >= 0.6 is 0 Å². The molecule has 27 heavy (non-hydrogen) atoms. The Morgan fingerprint density at radius 3 is 2.63 bits per heavy atom. The number of nitrogens with one attached hydrogen (secondary N) is 1. The van der Waals surface area contributed by atoms with Crippen LogP contribution in [0.25, 0.3) is 10.8 Å². The highest BCUT2D eigenvalue weighted by Crippen LogP contribution is 2.24. The van der Waals surface area contributed by atoms with Gasteiger partial charge in [0.25, 0.3) is 5.91 Å². The van der Waals surface area contributed by atoms with Gasteiger partial charge in [-0.25, -0.2) is 0 Å². The molecular formula is C23H22N2O2. The molecule has 0 aliphatic heterocycles. The fraction of sp³-hybridized carbons (Fsp3) is 0.174. The van der Waals surface area contributed by atoms with Crippen molar-refractivity contribution in [2.45, 2.75) is 0 Å². The third kappa shape index (κ3) is 4.80. The van der Waals surface area contributed by atoms with Crippen LogP contribution in [-0.4, -0.2) is 33.2 Å². The summed E-state index contributed by atoms with van der Waals surface area (Å²) in [6.45, 7) is 0.559. The standard InChI is InChI=1S/C23H22N2O2/c1-25(2)20-12-7-11-19(17-20)23(26)24-15-5-6-16-27-22-14-8-10-18-9-3-4-13-21(18)22/h3-4,7-14,17H,15-16H2,1-2H3,(H,24,26). The van der Waals surface area contributed by atoms with Gasteiger partial charge in [-0.3, -0.25) is 4.79 Å². The first-order valence-electron chi connectivity index (χ1n) is 8.77. The Hall–Kier alpha value is -3.45. The van der Waals surface area contributed by atoms with Gasteiger partial charge in [-0.05, 0) is 29.7 Å². The number of hydrogen-bond donors (Lipinski definition) is 1. The molecule has 4 heteroatoms. The van der Waals surface area contributed by atoms with Gasteiger partial charge in [-0.2, -0.15) is 0 Å². The Morgan fingerprint density at radius 1 is 1.00 bits per heavy atom. The van der Waals surface area contributed by atoms with Gasteiger partial charge in [0.05, 0.1) is 6.54 Å². The van der Waals surface area contributed by atoms with Crippen molar-refractivity contribution in [1.29, 1.82) is 0 Å². The molecule has 0 fully saturated rings. The van der Waals surface area contributed by atoms with Gasteiger partial charge in [0.15, 0.2) is 0 Å². The van der Waals surface area contributed by atoms with Crippen molar-refractivity contribution in [2.24, 2.45) is 0 Å². The summed E-state index contributed by atoms with van der Waals surface area (Å²) in [5.41, 5.74) is 1.60. The maximum atomic E-state index is 12.2. The minimum absolute atomic E-state index is 0.136. The lowest BCUT2D eigenvalue weighted by Gasteiger charge is -2.13. The van der Waals surface area contributed by atoms with Crippen LogP contribution in [-0.2, 0) is 0 Å². The summed E-state index contributed by atoms with van der Waals surface area (Å²) in [7, 11) is 3.89. The van der Waals surface area contributed by atoms with E-state index in [4.69, 9.17) is 4.74 Å².